The number of carbonyl (C=O) groups is 1. The molecule has 0 aromatic heterocycles. The van der Waals surface area contributed by atoms with E-state index in [1.807, 2.05) is 0 Å². The monoisotopic (exact) mass is 398 g/mol. The van der Waals surface area contributed by atoms with Crippen LogP contribution in [-0.4, -0.2) is 67.9 Å². The maximum Gasteiger partial charge on any atom is 0.226 e. The third-order valence-electron chi connectivity index (χ3n) is 6.15. The molecule has 2 heterocycles. The SMILES string of the molecule is O=C(C1CC1c1c(F)cccc1F)N1CCC(N2CCS(=O)(=O)CC2)CC1. The maximum absolute atomic E-state index is 13.9. The Morgan fingerprint density at radius 3 is 2.19 bits per heavy atom. The number of benzene rings is 1. The molecule has 4 rings (SSSR count). The van der Waals surface area contributed by atoms with Crippen molar-refractivity contribution in [3.8, 4) is 0 Å². The molecule has 2 saturated heterocycles. The molecule has 5 nitrogen and oxygen atoms in total. The first-order chi connectivity index (χ1) is 12.9. The lowest BCUT2D eigenvalue weighted by Gasteiger charge is -2.40. The average Bonchev–Trinajstić information content (AvgIpc) is 3.41. The van der Waals surface area contributed by atoms with Crippen molar-refractivity contribution in [3.05, 3.63) is 35.4 Å². The molecule has 2 atom stereocenters. The molecule has 0 spiro atoms. The van der Waals surface area contributed by atoms with Crippen molar-refractivity contribution in [2.75, 3.05) is 37.7 Å². The van der Waals surface area contributed by atoms with Crippen molar-refractivity contribution in [2.45, 2.75) is 31.2 Å². The summed E-state index contributed by atoms with van der Waals surface area (Å²) in [5.41, 5.74) is 0.0419. The smallest absolute Gasteiger partial charge is 0.226 e. The lowest BCUT2D eigenvalue weighted by atomic mass is 10.0. The van der Waals surface area contributed by atoms with Gasteiger partial charge in [0.2, 0.25) is 5.91 Å². The summed E-state index contributed by atoms with van der Waals surface area (Å²) in [5, 5.41) is 0. The second-order valence-corrected chi connectivity index (χ2v) is 10.1. The van der Waals surface area contributed by atoms with Gasteiger partial charge in [0.05, 0.1) is 11.5 Å². The van der Waals surface area contributed by atoms with E-state index >= 15 is 0 Å². The molecule has 1 aliphatic carbocycles. The lowest BCUT2D eigenvalue weighted by Crippen LogP contribution is -2.51. The summed E-state index contributed by atoms with van der Waals surface area (Å²) in [4.78, 5) is 16.7. The predicted molar refractivity (Wildman–Crippen MR) is 97.0 cm³/mol. The second kappa shape index (κ2) is 7.13. The van der Waals surface area contributed by atoms with E-state index in [2.05, 4.69) is 4.90 Å². The molecular formula is C19H24F2N2O3S. The largest absolute Gasteiger partial charge is 0.342 e. The van der Waals surface area contributed by atoms with Crippen molar-refractivity contribution in [1.29, 1.82) is 0 Å². The molecule has 0 N–H and O–H groups in total. The Balaban J connectivity index is 1.31. The van der Waals surface area contributed by atoms with Crippen LogP contribution in [-0.2, 0) is 14.6 Å². The van der Waals surface area contributed by atoms with Gasteiger partial charge in [-0.25, -0.2) is 17.2 Å². The first kappa shape index (κ1) is 18.8. The normalized spacial score (nSPS) is 28.9. The Hall–Kier alpha value is -1.54. The van der Waals surface area contributed by atoms with Crippen molar-refractivity contribution >= 4 is 15.7 Å². The lowest BCUT2D eigenvalue weighted by molar-refractivity contribution is -0.134. The van der Waals surface area contributed by atoms with Gasteiger partial charge >= 0.3 is 0 Å². The summed E-state index contributed by atoms with van der Waals surface area (Å²) in [5.74, 6) is -1.42. The quantitative estimate of drug-likeness (QED) is 0.779. The van der Waals surface area contributed by atoms with Gasteiger partial charge in [0.25, 0.3) is 0 Å². The number of hydrogen-bond acceptors (Lipinski definition) is 4. The molecule has 2 aliphatic heterocycles. The van der Waals surface area contributed by atoms with Crippen molar-refractivity contribution < 1.29 is 22.0 Å². The molecule has 1 aromatic carbocycles. The van der Waals surface area contributed by atoms with Gasteiger partial charge < -0.3 is 4.90 Å². The number of nitrogens with zero attached hydrogens (tertiary/aromatic N) is 2. The minimum absolute atomic E-state index is 0.0117. The Labute approximate surface area is 158 Å². The number of sulfone groups is 1. The fourth-order valence-electron chi connectivity index (χ4n) is 4.43. The average molecular weight is 398 g/mol. The fourth-order valence-corrected chi connectivity index (χ4v) is 5.66. The molecule has 1 aromatic rings. The van der Waals surface area contributed by atoms with Crippen LogP contribution in [0.2, 0.25) is 0 Å². The predicted octanol–water partition coefficient (Wildman–Crippen LogP) is 1.79. The van der Waals surface area contributed by atoms with Gasteiger partial charge in [0.1, 0.15) is 11.6 Å². The van der Waals surface area contributed by atoms with Crippen LogP contribution in [0, 0.1) is 17.6 Å². The van der Waals surface area contributed by atoms with Gasteiger partial charge in [-0.3, -0.25) is 9.69 Å². The summed E-state index contributed by atoms with van der Waals surface area (Å²) in [6.07, 6.45) is 2.13. The highest BCUT2D eigenvalue weighted by Gasteiger charge is 2.48. The van der Waals surface area contributed by atoms with Crippen LogP contribution < -0.4 is 0 Å². The van der Waals surface area contributed by atoms with Gasteiger partial charge in [-0.1, -0.05) is 6.07 Å². The molecule has 3 aliphatic rings. The van der Waals surface area contributed by atoms with Crippen molar-refractivity contribution in [1.82, 2.24) is 9.80 Å². The van der Waals surface area contributed by atoms with Crippen LogP contribution in [0.5, 0.6) is 0 Å². The van der Waals surface area contributed by atoms with Gasteiger partial charge in [-0.15, -0.1) is 0 Å². The summed E-state index contributed by atoms with van der Waals surface area (Å²) in [7, 11) is -2.89. The van der Waals surface area contributed by atoms with E-state index in [9.17, 15) is 22.0 Å². The highest BCUT2D eigenvalue weighted by atomic mass is 32.2. The second-order valence-electron chi connectivity index (χ2n) is 7.83. The van der Waals surface area contributed by atoms with E-state index < -0.39 is 21.5 Å². The molecule has 1 amide bonds. The summed E-state index contributed by atoms with van der Waals surface area (Å²) >= 11 is 0. The molecule has 3 fully saturated rings. The number of hydrogen-bond donors (Lipinski definition) is 0. The molecule has 27 heavy (non-hydrogen) atoms. The van der Waals surface area contributed by atoms with Crippen LogP contribution in [0.4, 0.5) is 8.78 Å². The molecule has 0 radical (unpaired) electrons. The molecular weight excluding hydrogens is 374 g/mol. The summed E-state index contributed by atoms with van der Waals surface area (Å²) in [6, 6.07) is 4.12. The van der Waals surface area contributed by atoms with Gasteiger partial charge in [0, 0.05) is 49.6 Å². The topological polar surface area (TPSA) is 57.7 Å². The Kier molecular flexibility index (Phi) is 4.96. The van der Waals surface area contributed by atoms with E-state index in [4.69, 9.17) is 0 Å². The third kappa shape index (κ3) is 3.87. The number of piperidine rings is 1. The molecule has 0 bridgehead atoms. The van der Waals surface area contributed by atoms with Crippen molar-refractivity contribution in [3.63, 3.8) is 0 Å². The number of halogens is 2. The van der Waals surface area contributed by atoms with E-state index in [1.54, 1.807) is 4.90 Å². The van der Waals surface area contributed by atoms with Gasteiger partial charge in [-0.05, 0) is 31.4 Å². The highest BCUT2D eigenvalue weighted by Crippen LogP contribution is 2.50. The van der Waals surface area contributed by atoms with Gasteiger partial charge in [-0.2, -0.15) is 0 Å². The molecule has 2 unspecified atom stereocenters. The number of rotatable bonds is 3. The number of amides is 1. The molecule has 8 heteroatoms. The zero-order valence-electron chi connectivity index (χ0n) is 15.1. The first-order valence-electron chi connectivity index (χ1n) is 9.53. The zero-order chi connectivity index (χ0) is 19.2. The van der Waals surface area contributed by atoms with E-state index in [1.165, 1.54) is 18.2 Å². The van der Waals surface area contributed by atoms with Gasteiger partial charge in [0.15, 0.2) is 9.84 Å². The van der Waals surface area contributed by atoms with Crippen LogP contribution in [0.3, 0.4) is 0 Å². The summed E-state index contributed by atoms with van der Waals surface area (Å²) in [6.45, 7) is 2.38. The Morgan fingerprint density at radius 1 is 1.00 bits per heavy atom. The van der Waals surface area contributed by atoms with Crippen molar-refractivity contribution in [2.24, 2.45) is 5.92 Å². The van der Waals surface area contributed by atoms with Crippen LogP contribution in [0.25, 0.3) is 0 Å². The Morgan fingerprint density at radius 2 is 1.59 bits per heavy atom. The van der Waals surface area contributed by atoms with E-state index in [-0.39, 0.29) is 34.8 Å². The zero-order valence-corrected chi connectivity index (χ0v) is 15.9. The first-order valence-corrected chi connectivity index (χ1v) is 11.3. The molecule has 148 valence electrons. The third-order valence-corrected chi connectivity index (χ3v) is 7.76. The highest BCUT2D eigenvalue weighted by molar-refractivity contribution is 7.91. The number of likely N-dealkylation sites (tertiary alicyclic amines) is 1. The Bertz CT molecular complexity index is 803. The fraction of sp³-hybridized carbons (Fsp3) is 0.632. The summed E-state index contributed by atoms with van der Waals surface area (Å²) < 4.78 is 51.0. The minimum atomic E-state index is -2.89. The standard InChI is InChI=1S/C19H24F2N2O3S/c20-16-2-1-3-17(21)18(16)14-12-15(14)19(24)23-6-4-13(5-7-23)22-8-10-27(25,26)11-9-22/h1-3,13-15H,4-12H2. The van der Waals surface area contributed by atoms with Crippen LogP contribution in [0.15, 0.2) is 18.2 Å². The van der Waals surface area contributed by atoms with E-state index in [0.717, 1.165) is 12.8 Å². The molecule has 1 saturated carbocycles. The number of carbonyl (C=O) groups excluding carboxylic acids is 1. The minimum Gasteiger partial charge on any atom is -0.342 e. The maximum atomic E-state index is 13.9. The van der Waals surface area contributed by atoms with E-state index in [0.29, 0.717) is 38.6 Å². The van der Waals surface area contributed by atoms with Crippen LogP contribution >= 0.6 is 0 Å². The van der Waals surface area contributed by atoms with Crippen LogP contribution in [0.1, 0.15) is 30.7 Å².